The van der Waals surface area contributed by atoms with Gasteiger partial charge >= 0.3 is 6.03 Å². The molecule has 0 saturated carbocycles. The number of alkyl halides is 2. The molecule has 33 heavy (non-hydrogen) atoms. The molecular formula is C23H26F2N6OS. The van der Waals surface area contributed by atoms with Gasteiger partial charge in [0.25, 0.3) is 0 Å². The van der Waals surface area contributed by atoms with E-state index in [1.807, 2.05) is 36.1 Å². The van der Waals surface area contributed by atoms with Crippen LogP contribution >= 0.6 is 11.3 Å². The summed E-state index contributed by atoms with van der Waals surface area (Å²) in [5, 5.41) is 18.0. The number of nitrogens with zero attached hydrogens (tertiary/aromatic N) is 4. The maximum atomic E-state index is 13.1. The first kappa shape index (κ1) is 22.1. The van der Waals surface area contributed by atoms with Crippen LogP contribution in [0, 0.1) is 6.92 Å². The van der Waals surface area contributed by atoms with E-state index in [-0.39, 0.29) is 24.2 Å². The van der Waals surface area contributed by atoms with Crippen LogP contribution in [0.5, 0.6) is 0 Å². The van der Waals surface area contributed by atoms with Gasteiger partial charge in [0, 0.05) is 35.3 Å². The summed E-state index contributed by atoms with van der Waals surface area (Å²) in [5.41, 5.74) is 0.976. The fourth-order valence-electron chi connectivity index (χ4n) is 5.04. The monoisotopic (exact) mass is 472 g/mol. The molecule has 3 aromatic rings. The Labute approximate surface area is 194 Å². The molecular weight excluding hydrogens is 446 g/mol. The number of benzene rings is 1. The van der Waals surface area contributed by atoms with E-state index in [1.54, 1.807) is 6.20 Å². The number of aryl methyl sites for hydroxylation is 1. The van der Waals surface area contributed by atoms with Crippen LogP contribution < -0.4 is 10.6 Å². The average Bonchev–Trinajstić information content (AvgIpc) is 3.37. The van der Waals surface area contributed by atoms with Gasteiger partial charge in [0.2, 0.25) is 0 Å². The molecule has 0 spiro atoms. The Bertz CT molecular complexity index is 1140. The molecule has 2 aliphatic heterocycles. The summed E-state index contributed by atoms with van der Waals surface area (Å²) in [7, 11) is 0. The normalized spacial score (nSPS) is 22.3. The summed E-state index contributed by atoms with van der Waals surface area (Å²) in [6.07, 6.45) is 4.97. The van der Waals surface area contributed by atoms with E-state index in [0.717, 1.165) is 39.2 Å². The number of carbonyl (C=O) groups is 1. The third-order valence-corrected chi connectivity index (χ3v) is 7.43. The number of urea groups is 1. The molecule has 2 N–H and O–H groups in total. The van der Waals surface area contributed by atoms with Crippen molar-refractivity contribution in [1.82, 2.24) is 25.4 Å². The number of carbonyl (C=O) groups excluding carboxylic acids is 1. The van der Waals surface area contributed by atoms with E-state index in [2.05, 4.69) is 25.8 Å². The van der Waals surface area contributed by atoms with Crippen LogP contribution in [0.15, 0.2) is 30.5 Å². The van der Waals surface area contributed by atoms with Gasteiger partial charge in [0.1, 0.15) is 29.2 Å². The second kappa shape index (κ2) is 9.26. The summed E-state index contributed by atoms with van der Waals surface area (Å²) in [6, 6.07) is 7.11. The summed E-state index contributed by atoms with van der Waals surface area (Å²) in [4.78, 5) is 19.4. The van der Waals surface area contributed by atoms with Crippen LogP contribution in [0.1, 0.15) is 30.7 Å². The van der Waals surface area contributed by atoms with Crippen molar-refractivity contribution in [2.45, 2.75) is 56.8 Å². The number of piperidine rings is 1. The lowest BCUT2D eigenvalue weighted by Crippen LogP contribution is -2.54. The number of fused-ring (bicyclic) bond motifs is 3. The number of anilines is 1. The minimum absolute atomic E-state index is 0.0317. The van der Waals surface area contributed by atoms with Crippen LogP contribution in [0.2, 0.25) is 0 Å². The largest absolute Gasteiger partial charge is 0.323 e. The average molecular weight is 473 g/mol. The number of halogens is 2. The van der Waals surface area contributed by atoms with Gasteiger partial charge in [-0.05, 0) is 50.1 Å². The number of aromatic nitrogens is 3. The number of hydrogen-bond acceptors (Lipinski definition) is 6. The molecule has 2 aromatic heterocycles. The van der Waals surface area contributed by atoms with Gasteiger partial charge in [-0.15, -0.1) is 10.2 Å². The minimum atomic E-state index is -0.759. The molecule has 7 nitrogen and oxygen atoms in total. The van der Waals surface area contributed by atoms with Gasteiger partial charge in [-0.3, -0.25) is 5.32 Å². The molecule has 10 heteroatoms. The molecule has 0 radical (unpaired) electrons. The second-order valence-electron chi connectivity index (χ2n) is 8.82. The first-order chi connectivity index (χ1) is 16.0. The Morgan fingerprint density at radius 2 is 1.91 bits per heavy atom. The van der Waals surface area contributed by atoms with E-state index in [1.165, 1.54) is 11.3 Å². The van der Waals surface area contributed by atoms with Crippen LogP contribution in [-0.4, -0.2) is 63.6 Å². The zero-order valence-corrected chi connectivity index (χ0v) is 19.1. The van der Waals surface area contributed by atoms with E-state index >= 15 is 0 Å². The van der Waals surface area contributed by atoms with Crippen molar-refractivity contribution in [3.63, 3.8) is 0 Å². The summed E-state index contributed by atoms with van der Waals surface area (Å²) >= 11 is 1.54. The maximum Gasteiger partial charge on any atom is 0.323 e. The molecule has 2 saturated heterocycles. The van der Waals surface area contributed by atoms with Gasteiger partial charge in [-0.2, -0.15) is 0 Å². The molecule has 0 aliphatic carbocycles. The molecule has 3 atom stereocenters. The second-order valence-corrected chi connectivity index (χ2v) is 10.0. The molecule has 2 aliphatic rings. The smallest absolute Gasteiger partial charge is 0.318 e. The fourth-order valence-corrected chi connectivity index (χ4v) is 5.73. The lowest BCUT2D eigenvalue weighted by Gasteiger charge is -2.39. The quantitative estimate of drug-likeness (QED) is 0.553. The van der Waals surface area contributed by atoms with Gasteiger partial charge in [0.05, 0.1) is 6.04 Å². The van der Waals surface area contributed by atoms with Crippen LogP contribution in [0.4, 0.5) is 19.4 Å². The highest BCUT2D eigenvalue weighted by Gasteiger charge is 2.43. The molecule has 1 aromatic carbocycles. The number of pyridine rings is 1. The Kier molecular flexibility index (Phi) is 6.20. The highest BCUT2D eigenvalue weighted by Crippen LogP contribution is 2.36. The Morgan fingerprint density at radius 1 is 1.15 bits per heavy atom. The van der Waals surface area contributed by atoms with Gasteiger partial charge in [-0.25, -0.2) is 18.6 Å². The maximum absolute atomic E-state index is 13.1. The molecule has 4 heterocycles. The number of rotatable bonds is 6. The molecule has 2 bridgehead atoms. The molecule has 1 unspecified atom stereocenters. The van der Waals surface area contributed by atoms with Crippen molar-refractivity contribution >= 4 is 34.0 Å². The van der Waals surface area contributed by atoms with E-state index in [4.69, 9.17) is 0 Å². The molecule has 2 amide bonds. The third kappa shape index (κ3) is 4.54. The van der Waals surface area contributed by atoms with Crippen molar-refractivity contribution < 1.29 is 13.6 Å². The first-order valence-electron chi connectivity index (χ1n) is 11.2. The number of hydrogen-bond donors (Lipinski definition) is 2. The molecule has 174 valence electrons. The van der Waals surface area contributed by atoms with E-state index in [0.29, 0.717) is 18.7 Å². The Morgan fingerprint density at radius 3 is 2.58 bits per heavy atom. The Balaban J connectivity index is 1.29. The van der Waals surface area contributed by atoms with E-state index in [9.17, 15) is 13.6 Å². The van der Waals surface area contributed by atoms with Crippen molar-refractivity contribution in [3.05, 3.63) is 35.5 Å². The molecule has 5 rings (SSSR count). The SMILES string of the molecule is Cc1nnc(-c2ccc3cnc(NC(=O)N4[C@@H]5CC[C@H]4CC(NC(CF)CF)C5)cc3c2)s1. The van der Waals surface area contributed by atoms with Crippen LogP contribution in [-0.2, 0) is 0 Å². The summed E-state index contributed by atoms with van der Waals surface area (Å²) in [6.45, 7) is 0.479. The third-order valence-electron chi connectivity index (χ3n) is 6.54. The topological polar surface area (TPSA) is 83.0 Å². The van der Waals surface area contributed by atoms with Crippen LogP contribution in [0.25, 0.3) is 21.3 Å². The predicted molar refractivity (Wildman–Crippen MR) is 125 cm³/mol. The first-order valence-corrected chi connectivity index (χ1v) is 12.0. The van der Waals surface area contributed by atoms with Crippen molar-refractivity contribution in [2.75, 3.05) is 18.7 Å². The Hall–Kier alpha value is -2.72. The minimum Gasteiger partial charge on any atom is -0.318 e. The highest BCUT2D eigenvalue weighted by molar-refractivity contribution is 7.14. The summed E-state index contributed by atoms with van der Waals surface area (Å²) < 4.78 is 25.8. The zero-order valence-electron chi connectivity index (χ0n) is 18.3. The molecule has 2 fully saturated rings. The van der Waals surface area contributed by atoms with Gasteiger partial charge in [-0.1, -0.05) is 23.5 Å². The van der Waals surface area contributed by atoms with Crippen LogP contribution in [0.3, 0.4) is 0 Å². The van der Waals surface area contributed by atoms with Crippen molar-refractivity contribution in [1.29, 1.82) is 0 Å². The lowest BCUT2D eigenvalue weighted by atomic mass is 9.97. The highest BCUT2D eigenvalue weighted by atomic mass is 32.1. The van der Waals surface area contributed by atoms with E-state index < -0.39 is 19.4 Å². The van der Waals surface area contributed by atoms with Gasteiger partial charge in [0.15, 0.2) is 0 Å². The standard InChI is InChI=1S/C23H26F2N6OS/c1-13-29-30-22(33-13)14-2-3-15-12-26-21(7-16(15)6-14)28-23(32)31-19-4-5-20(31)9-17(8-19)27-18(10-24)11-25/h2-3,6-7,12,17-20,27H,4-5,8-11H2,1H3,(H,26,28,32)/t17?,19-,20+. The van der Waals surface area contributed by atoms with Crippen molar-refractivity contribution in [3.8, 4) is 10.6 Å². The van der Waals surface area contributed by atoms with Gasteiger partial charge < -0.3 is 10.2 Å². The number of amides is 2. The lowest BCUT2D eigenvalue weighted by molar-refractivity contribution is 0.133. The predicted octanol–water partition coefficient (Wildman–Crippen LogP) is 4.49. The zero-order chi connectivity index (χ0) is 22.9. The van der Waals surface area contributed by atoms with Crippen molar-refractivity contribution in [2.24, 2.45) is 0 Å². The summed E-state index contributed by atoms with van der Waals surface area (Å²) in [5.74, 6) is 0.493. The number of nitrogens with one attached hydrogen (secondary N) is 2. The fraction of sp³-hybridized carbons (Fsp3) is 0.478.